The lowest BCUT2D eigenvalue weighted by atomic mass is 9.69. The number of likely N-dealkylation sites (N-methyl/N-ethyl adjacent to an activating group) is 1. The van der Waals surface area contributed by atoms with Crippen molar-refractivity contribution < 1.29 is 0 Å². The monoisotopic (exact) mass is 271 g/mol. The lowest BCUT2D eigenvalue weighted by Gasteiger charge is -2.48. The molecule has 0 bridgehead atoms. The molecule has 0 radical (unpaired) electrons. The number of rotatable bonds is 0. The van der Waals surface area contributed by atoms with Gasteiger partial charge in [-0.25, -0.2) is 0 Å². The molecule has 1 heterocycles. The summed E-state index contributed by atoms with van der Waals surface area (Å²) in [6.07, 6.45) is 4.01. The second-order valence-electron chi connectivity index (χ2n) is 8.38. The van der Waals surface area contributed by atoms with E-state index < -0.39 is 0 Å². The lowest BCUT2D eigenvalue weighted by molar-refractivity contribution is 0.122. The Kier molecular flexibility index (Phi) is 3.06. The zero-order valence-electron chi connectivity index (χ0n) is 14.0. The summed E-state index contributed by atoms with van der Waals surface area (Å²) in [5.41, 5.74) is 6.86. The molecular formula is C19H29N. The average Bonchev–Trinajstić information content (AvgIpc) is 2.35. The largest absolute Gasteiger partial charge is 0.297 e. The fraction of sp³-hybridized carbons (Fsp3) is 0.684. The molecule has 1 heteroatoms. The van der Waals surface area contributed by atoms with Crippen LogP contribution in [-0.4, -0.2) is 18.5 Å². The third kappa shape index (κ3) is 2.02. The van der Waals surface area contributed by atoms with Gasteiger partial charge in [0.1, 0.15) is 0 Å². The molecule has 1 aromatic rings. The first-order valence-corrected chi connectivity index (χ1v) is 8.10. The maximum absolute atomic E-state index is 2.56. The van der Waals surface area contributed by atoms with Crippen LogP contribution < -0.4 is 0 Å². The summed E-state index contributed by atoms with van der Waals surface area (Å²) < 4.78 is 0. The summed E-state index contributed by atoms with van der Waals surface area (Å²) in [7, 11) is 2.29. The van der Waals surface area contributed by atoms with Gasteiger partial charge in [-0.3, -0.25) is 4.90 Å². The molecule has 0 spiro atoms. The molecule has 0 unspecified atom stereocenters. The van der Waals surface area contributed by atoms with Crippen LogP contribution >= 0.6 is 0 Å². The van der Waals surface area contributed by atoms with Crippen LogP contribution in [0.25, 0.3) is 0 Å². The molecule has 110 valence electrons. The first-order valence-electron chi connectivity index (χ1n) is 8.10. The van der Waals surface area contributed by atoms with Crippen LogP contribution in [0.5, 0.6) is 0 Å². The molecule has 0 N–H and O–H groups in total. The second-order valence-corrected chi connectivity index (χ2v) is 8.38. The minimum Gasteiger partial charge on any atom is -0.297 e. The summed E-state index contributed by atoms with van der Waals surface area (Å²) in [5.74, 6) is 0.765. The maximum Gasteiger partial charge on any atom is 0.0404 e. The Labute approximate surface area is 124 Å². The molecule has 1 nitrogen and oxygen atoms in total. The number of hydrogen-bond donors (Lipinski definition) is 0. The number of nitrogens with zero attached hydrogens (tertiary/aromatic N) is 1. The molecule has 3 rings (SSSR count). The van der Waals surface area contributed by atoms with Crippen molar-refractivity contribution in [1.29, 1.82) is 0 Å². The molecule has 0 saturated heterocycles. The van der Waals surface area contributed by atoms with Crippen molar-refractivity contribution in [3.05, 3.63) is 34.4 Å². The third-order valence-electron chi connectivity index (χ3n) is 5.65. The Morgan fingerprint density at radius 2 is 1.90 bits per heavy atom. The van der Waals surface area contributed by atoms with E-state index in [0.717, 1.165) is 5.92 Å². The fourth-order valence-corrected chi connectivity index (χ4v) is 3.97. The Hall–Kier alpha value is -0.820. The van der Waals surface area contributed by atoms with Crippen molar-refractivity contribution in [2.45, 2.75) is 70.8 Å². The molecule has 20 heavy (non-hydrogen) atoms. The van der Waals surface area contributed by atoms with E-state index >= 15 is 0 Å². The van der Waals surface area contributed by atoms with Gasteiger partial charge >= 0.3 is 0 Å². The predicted molar refractivity (Wildman–Crippen MR) is 86.5 cm³/mol. The standard InChI is InChI=1S/C19H29N/c1-18(2,3)15-10-13-8-7-9-14-12-20(6)19(4,5)16(11-15)17(13)14/h10-11,14H,7-9,12H2,1-6H3/t14-/m0/s1. The molecule has 0 saturated carbocycles. The second kappa shape index (κ2) is 4.34. The van der Waals surface area contributed by atoms with Crippen LogP contribution in [0.15, 0.2) is 12.1 Å². The molecule has 1 aliphatic heterocycles. The van der Waals surface area contributed by atoms with E-state index in [4.69, 9.17) is 0 Å². The number of aryl methyl sites for hydroxylation is 1. The van der Waals surface area contributed by atoms with Crippen LogP contribution in [0, 0.1) is 0 Å². The van der Waals surface area contributed by atoms with Crippen molar-refractivity contribution >= 4 is 0 Å². The molecule has 1 aliphatic carbocycles. The molecular weight excluding hydrogens is 242 g/mol. The van der Waals surface area contributed by atoms with Gasteiger partial charge in [-0.15, -0.1) is 0 Å². The summed E-state index contributed by atoms with van der Waals surface area (Å²) >= 11 is 0. The van der Waals surface area contributed by atoms with Crippen molar-refractivity contribution in [1.82, 2.24) is 4.90 Å². The van der Waals surface area contributed by atoms with Crippen molar-refractivity contribution in [2.24, 2.45) is 0 Å². The Morgan fingerprint density at radius 3 is 2.55 bits per heavy atom. The van der Waals surface area contributed by atoms with E-state index in [1.54, 1.807) is 16.7 Å². The summed E-state index contributed by atoms with van der Waals surface area (Å²) in [6.45, 7) is 13.0. The van der Waals surface area contributed by atoms with E-state index in [2.05, 4.69) is 58.7 Å². The first kappa shape index (κ1) is 14.1. The van der Waals surface area contributed by atoms with Gasteiger partial charge in [0.05, 0.1) is 0 Å². The van der Waals surface area contributed by atoms with Crippen LogP contribution in [0.2, 0.25) is 0 Å². The lowest BCUT2D eigenvalue weighted by Crippen LogP contribution is -2.47. The van der Waals surface area contributed by atoms with Gasteiger partial charge in [-0.1, -0.05) is 32.9 Å². The molecule has 1 atom stereocenters. The first-order chi connectivity index (χ1) is 9.21. The van der Waals surface area contributed by atoms with Gasteiger partial charge in [-0.05, 0) is 73.7 Å². The minimum absolute atomic E-state index is 0.166. The van der Waals surface area contributed by atoms with Gasteiger partial charge in [0.15, 0.2) is 0 Å². The fourth-order valence-electron chi connectivity index (χ4n) is 3.97. The zero-order valence-corrected chi connectivity index (χ0v) is 14.0. The molecule has 0 fully saturated rings. The van der Waals surface area contributed by atoms with Crippen LogP contribution in [0.4, 0.5) is 0 Å². The predicted octanol–water partition coefficient (Wildman–Crippen LogP) is 4.58. The molecule has 0 amide bonds. The van der Waals surface area contributed by atoms with Crippen molar-refractivity contribution in [2.75, 3.05) is 13.6 Å². The van der Waals surface area contributed by atoms with Gasteiger partial charge in [0, 0.05) is 12.1 Å². The third-order valence-corrected chi connectivity index (χ3v) is 5.65. The molecule has 2 aliphatic rings. The quantitative estimate of drug-likeness (QED) is 0.667. The van der Waals surface area contributed by atoms with E-state index in [9.17, 15) is 0 Å². The SMILES string of the molecule is CN1C[C@@H]2CCCc3cc(C(C)(C)C)cc(c32)C1(C)C. The Morgan fingerprint density at radius 1 is 1.20 bits per heavy atom. The smallest absolute Gasteiger partial charge is 0.0404 e. The summed E-state index contributed by atoms with van der Waals surface area (Å²) in [5, 5.41) is 0. The van der Waals surface area contributed by atoms with Gasteiger partial charge in [-0.2, -0.15) is 0 Å². The van der Waals surface area contributed by atoms with Crippen LogP contribution in [0.3, 0.4) is 0 Å². The molecule has 1 aromatic carbocycles. The molecule has 0 aromatic heterocycles. The van der Waals surface area contributed by atoms with Crippen LogP contribution in [0.1, 0.15) is 75.6 Å². The van der Waals surface area contributed by atoms with E-state index in [-0.39, 0.29) is 11.0 Å². The topological polar surface area (TPSA) is 3.24 Å². The number of benzene rings is 1. The Bertz CT molecular complexity index is 533. The average molecular weight is 271 g/mol. The highest BCUT2D eigenvalue weighted by molar-refractivity contribution is 5.49. The summed E-state index contributed by atoms with van der Waals surface area (Å²) in [6, 6.07) is 5.01. The van der Waals surface area contributed by atoms with E-state index in [1.807, 2.05) is 0 Å². The normalized spacial score (nSPS) is 25.4. The van der Waals surface area contributed by atoms with Gasteiger partial charge in [0.2, 0.25) is 0 Å². The minimum atomic E-state index is 0.166. The van der Waals surface area contributed by atoms with Crippen molar-refractivity contribution in [3.8, 4) is 0 Å². The Balaban J connectivity index is 2.25. The van der Waals surface area contributed by atoms with Gasteiger partial charge < -0.3 is 0 Å². The summed E-state index contributed by atoms with van der Waals surface area (Å²) in [4.78, 5) is 2.56. The number of hydrogen-bond acceptors (Lipinski definition) is 1. The van der Waals surface area contributed by atoms with Gasteiger partial charge in [0.25, 0.3) is 0 Å². The van der Waals surface area contributed by atoms with E-state index in [1.165, 1.54) is 31.4 Å². The zero-order chi connectivity index (χ0) is 14.7. The maximum atomic E-state index is 2.56. The highest BCUT2D eigenvalue weighted by Crippen LogP contribution is 2.46. The van der Waals surface area contributed by atoms with Crippen molar-refractivity contribution in [3.63, 3.8) is 0 Å². The highest BCUT2D eigenvalue weighted by atomic mass is 15.2. The van der Waals surface area contributed by atoms with Crippen LogP contribution in [-0.2, 0) is 17.4 Å². The van der Waals surface area contributed by atoms with E-state index in [0.29, 0.717) is 0 Å². The highest BCUT2D eigenvalue weighted by Gasteiger charge is 2.39.